The van der Waals surface area contributed by atoms with Crippen LogP contribution in [0.3, 0.4) is 0 Å². The van der Waals surface area contributed by atoms with Gasteiger partial charge >= 0.3 is 0 Å². The molecule has 122 valence electrons. The minimum atomic E-state index is -1.99. The van der Waals surface area contributed by atoms with Crippen LogP contribution in [-0.2, 0) is 4.79 Å². The molecule has 4 aliphatic carbocycles. The number of halogens is 1. The largest absolute Gasteiger partial charge is 0.361 e. The fourth-order valence-corrected chi connectivity index (χ4v) is 6.60. The van der Waals surface area contributed by atoms with E-state index in [9.17, 15) is 14.3 Å². The normalized spacial score (nSPS) is 57.2. The van der Waals surface area contributed by atoms with Crippen molar-refractivity contribution in [2.75, 3.05) is 0 Å². The molecule has 0 spiro atoms. The lowest BCUT2D eigenvalue weighted by Gasteiger charge is -2.58. The maximum Gasteiger partial charge on any atom is 0.212 e. The molecule has 0 radical (unpaired) electrons. The Bertz CT molecular complexity index is 540. The molecule has 2 nitrogen and oxygen atoms in total. The summed E-state index contributed by atoms with van der Waals surface area (Å²) in [5, 5.41) is 10.2. The second-order valence-electron chi connectivity index (χ2n) is 8.78. The number of hydrogen-bond donors (Lipinski definition) is 1. The Morgan fingerprint density at radius 3 is 2.64 bits per heavy atom. The molecule has 4 aliphatic rings. The van der Waals surface area contributed by atoms with E-state index in [1.807, 2.05) is 6.92 Å². The van der Waals surface area contributed by atoms with E-state index in [4.69, 9.17) is 0 Å². The second kappa shape index (κ2) is 4.43. The first-order valence-corrected chi connectivity index (χ1v) is 8.91. The maximum absolute atomic E-state index is 14.7. The molecule has 2 unspecified atom stereocenters. The molecule has 1 N–H and O–H groups in total. The number of rotatable bonds is 0. The summed E-state index contributed by atoms with van der Waals surface area (Å²) in [6.45, 7) is 4.28. The molecule has 4 rings (SSSR count). The summed E-state index contributed by atoms with van der Waals surface area (Å²) in [6, 6.07) is 0. The molecule has 0 aromatic carbocycles. The fourth-order valence-electron chi connectivity index (χ4n) is 6.60. The van der Waals surface area contributed by atoms with Gasteiger partial charge in [-0.1, -0.05) is 19.9 Å². The van der Waals surface area contributed by atoms with Gasteiger partial charge in [0.25, 0.3) is 0 Å². The Kier molecular flexibility index (Phi) is 3.00. The van der Waals surface area contributed by atoms with Gasteiger partial charge in [-0.3, -0.25) is 4.79 Å². The Morgan fingerprint density at radius 1 is 1.14 bits per heavy atom. The van der Waals surface area contributed by atoms with E-state index in [1.54, 1.807) is 6.08 Å². The van der Waals surface area contributed by atoms with Gasteiger partial charge in [-0.05, 0) is 67.3 Å². The first-order valence-electron chi connectivity index (χ1n) is 8.91. The van der Waals surface area contributed by atoms with Gasteiger partial charge in [0.05, 0.1) is 0 Å². The highest BCUT2D eigenvalue weighted by Crippen LogP contribution is 2.67. The van der Waals surface area contributed by atoms with Crippen LogP contribution in [0.2, 0.25) is 0 Å². The third-order valence-electron chi connectivity index (χ3n) is 8.09. The van der Waals surface area contributed by atoms with Crippen LogP contribution in [0.4, 0.5) is 4.39 Å². The standard InChI is InChI=1S/C19H27FO2/c1-17-8-5-13(21)11-12(17)3-4-14-15(17)6-9-18(2)16(14)7-10-19(18,20)22/h5,8,12,14-16,22H,3-4,6-7,9-11H2,1-2H3/t12?,14-,15-,16+,17+,18+,19?/m1/s1. The topological polar surface area (TPSA) is 37.3 Å². The van der Waals surface area contributed by atoms with Crippen LogP contribution >= 0.6 is 0 Å². The van der Waals surface area contributed by atoms with Crippen molar-refractivity contribution in [2.24, 2.45) is 34.5 Å². The third-order valence-corrected chi connectivity index (χ3v) is 8.09. The number of allylic oxidation sites excluding steroid dienone is 2. The van der Waals surface area contributed by atoms with Crippen LogP contribution in [0, 0.1) is 34.5 Å². The summed E-state index contributed by atoms with van der Waals surface area (Å²) in [4.78, 5) is 11.8. The highest BCUT2D eigenvalue weighted by molar-refractivity contribution is 5.91. The van der Waals surface area contributed by atoms with Gasteiger partial charge in [-0.2, -0.15) is 0 Å². The van der Waals surface area contributed by atoms with E-state index in [2.05, 4.69) is 13.0 Å². The van der Waals surface area contributed by atoms with Crippen LogP contribution < -0.4 is 0 Å². The molecular formula is C19H27FO2. The van der Waals surface area contributed by atoms with Crippen LogP contribution in [0.25, 0.3) is 0 Å². The molecule has 0 aromatic heterocycles. The van der Waals surface area contributed by atoms with Gasteiger partial charge in [-0.25, -0.2) is 4.39 Å². The first-order chi connectivity index (χ1) is 10.3. The Balaban J connectivity index is 1.69. The third kappa shape index (κ3) is 1.72. The number of aliphatic hydroxyl groups is 1. The van der Waals surface area contributed by atoms with E-state index in [0.29, 0.717) is 36.5 Å². The molecule has 0 aliphatic heterocycles. The number of carbonyl (C=O) groups is 1. The van der Waals surface area contributed by atoms with Gasteiger partial charge in [0, 0.05) is 18.3 Å². The molecular weight excluding hydrogens is 279 g/mol. The summed E-state index contributed by atoms with van der Waals surface area (Å²) >= 11 is 0. The average molecular weight is 306 g/mol. The van der Waals surface area contributed by atoms with Crippen molar-refractivity contribution < 1.29 is 14.3 Å². The lowest BCUT2D eigenvalue weighted by Crippen LogP contribution is -2.54. The Labute approximate surface area is 132 Å². The van der Waals surface area contributed by atoms with Crippen LogP contribution in [0.15, 0.2) is 12.2 Å². The SMILES string of the molecule is C[C@]12C=CC(=O)CC1CC[C@@H]1[C@H]2CC[C@@]2(C)[C@H]1CCC2(O)F. The van der Waals surface area contributed by atoms with Crippen molar-refractivity contribution in [1.29, 1.82) is 0 Å². The van der Waals surface area contributed by atoms with Gasteiger partial charge in [0.15, 0.2) is 5.78 Å². The second-order valence-corrected chi connectivity index (χ2v) is 8.78. The zero-order valence-electron chi connectivity index (χ0n) is 13.6. The van der Waals surface area contributed by atoms with Crippen molar-refractivity contribution in [3.8, 4) is 0 Å². The predicted molar refractivity (Wildman–Crippen MR) is 82.7 cm³/mol. The fraction of sp³-hybridized carbons (Fsp3) is 0.842. The Hall–Kier alpha value is -0.700. The molecule has 3 heteroatoms. The van der Waals surface area contributed by atoms with Gasteiger partial charge in [0.1, 0.15) is 0 Å². The molecule has 0 saturated heterocycles. The summed E-state index contributed by atoms with van der Waals surface area (Å²) in [7, 11) is 0. The van der Waals surface area contributed by atoms with Crippen LogP contribution in [0.5, 0.6) is 0 Å². The van der Waals surface area contributed by atoms with Crippen LogP contribution in [-0.4, -0.2) is 16.7 Å². The molecule has 3 saturated carbocycles. The lowest BCUT2D eigenvalue weighted by atomic mass is 9.46. The van der Waals surface area contributed by atoms with Gasteiger partial charge in [0.2, 0.25) is 5.85 Å². The minimum Gasteiger partial charge on any atom is -0.361 e. The molecule has 7 atom stereocenters. The molecule has 0 bridgehead atoms. The summed E-state index contributed by atoms with van der Waals surface area (Å²) in [5.41, 5.74) is -0.471. The van der Waals surface area contributed by atoms with Crippen molar-refractivity contribution in [2.45, 2.75) is 64.6 Å². The maximum atomic E-state index is 14.7. The van der Waals surface area contributed by atoms with Crippen molar-refractivity contribution in [3.63, 3.8) is 0 Å². The number of carbonyl (C=O) groups excluding carboxylic acids is 1. The summed E-state index contributed by atoms with van der Waals surface area (Å²) in [6.07, 6.45) is 9.68. The minimum absolute atomic E-state index is 0.0924. The monoisotopic (exact) mass is 306 g/mol. The number of fused-ring (bicyclic) bond motifs is 5. The number of alkyl halides is 1. The number of hydrogen-bond acceptors (Lipinski definition) is 2. The zero-order valence-corrected chi connectivity index (χ0v) is 13.6. The molecule has 0 heterocycles. The van der Waals surface area contributed by atoms with E-state index < -0.39 is 11.3 Å². The zero-order chi connectivity index (χ0) is 15.8. The van der Waals surface area contributed by atoms with E-state index in [1.165, 1.54) is 0 Å². The van der Waals surface area contributed by atoms with Crippen molar-refractivity contribution >= 4 is 5.78 Å². The lowest BCUT2D eigenvalue weighted by molar-refractivity contribution is -0.202. The Morgan fingerprint density at radius 2 is 1.86 bits per heavy atom. The van der Waals surface area contributed by atoms with Gasteiger partial charge < -0.3 is 5.11 Å². The molecule has 3 fully saturated rings. The molecule has 22 heavy (non-hydrogen) atoms. The summed E-state index contributed by atoms with van der Waals surface area (Å²) in [5.74, 6) is 0.0794. The molecule has 0 amide bonds. The average Bonchev–Trinajstić information content (AvgIpc) is 2.70. The van der Waals surface area contributed by atoms with Crippen molar-refractivity contribution in [1.82, 2.24) is 0 Å². The summed E-state index contributed by atoms with van der Waals surface area (Å²) < 4.78 is 14.7. The quantitative estimate of drug-likeness (QED) is 0.733. The van der Waals surface area contributed by atoms with E-state index in [-0.39, 0.29) is 11.2 Å². The van der Waals surface area contributed by atoms with E-state index in [0.717, 1.165) is 32.1 Å². The van der Waals surface area contributed by atoms with Crippen molar-refractivity contribution in [3.05, 3.63) is 12.2 Å². The highest BCUT2D eigenvalue weighted by atomic mass is 19.2. The number of ketones is 1. The van der Waals surface area contributed by atoms with E-state index >= 15 is 0 Å². The van der Waals surface area contributed by atoms with Gasteiger partial charge in [-0.15, -0.1) is 0 Å². The predicted octanol–water partition coefficient (Wildman–Crippen LogP) is 4.03. The highest BCUT2D eigenvalue weighted by Gasteiger charge is 2.64. The van der Waals surface area contributed by atoms with Crippen LogP contribution in [0.1, 0.15) is 58.8 Å². The first kappa shape index (κ1) is 14.9. The molecule has 0 aromatic rings. The smallest absolute Gasteiger partial charge is 0.212 e.